The van der Waals surface area contributed by atoms with Crippen LogP contribution in [-0.4, -0.2) is 10.9 Å². The fourth-order valence-electron chi connectivity index (χ4n) is 2.42. The number of benzene rings is 2. The van der Waals surface area contributed by atoms with Gasteiger partial charge in [0.1, 0.15) is 0 Å². The van der Waals surface area contributed by atoms with Crippen LogP contribution in [0.15, 0.2) is 54.7 Å². The molecule has 0 aliphatic rings. The van der Waals surface area contributed by atoms with E-state index in [4.69, 9.17) is 0 Å². The third-order valence-corrected chi connectivity index (χ3v) is 3.58. The first-order valence-corrected chi connectivity index (χ1v) is 6.95. The Labute approximate surface area is 130 Å². The molecule has 0 unspecified atom stereocenters. The van der Waals surface area contributed by atoms with E-state index < -0.39 is 17.6 Å². The van der Waals surface area contributed by atoms with Crippen LogP contribution >= 0.6 is 0 Å². The molecule has 3 rings (SSSR count). The molecule has 0 saturated heterocycles. The second-order valence-electron chi connectivity index (χ2n) is 5.12. The minimum atomic E-state index is -4.44. The standard InChI is InChI=1S/C17H13F3N2O/c18-17(19,20)14-4-2-1-3-13(14)10-22-16(23)12-5-6-15-11(9-12)7-8-21-15/h1-9,21H,10H2,(H,22,23). The van der Waals surface area contributed by atoms with Crippen LogP contribution in [-0.2, 0) is 12.7 Å². The molecule has 1 heterocycles. The second kappa shape index (κ2) is 5.79. The molecule has 0 saturated carbocycles. The van der Waals surface area contributed by atoms with E-state index in [9.17, 15) is 18.0 Å². The lowest BCUT2D eigenvalue weighted by atomic mass is 10.1. The normalized spacial score (nSPS) is 11.6. The van der Waals surface area contributed by atoms with E-state index >= 15 is 0 Å². The molecule has 0 aliphatic carbocycles. The zero-order valence-corrected chi connectivity index (χ0v) is 11.9. The molecule has 2 N–H and O–H groups in total. The summed E-state index contributed by atoms with van der Waals surface area (Å²) < 4.78 is 38.8. The van der Waals surface area contributed by atoms with Gasteiger partial charge >= 0.3 is 6.18 Å². The number of nitrogens with one attached hydrogen (secondary N) is 2. The van der Waals surface area contributed by atoms with Gasteiger partial charge in [0.15, 0.2) is 0 Å². The van der Waals surface area contributed by atoms with E-state index in [1.54, 1.807) is 24.4 Å². The van der Waals surface area contributed by atoms with Gasteiger partial charge in [0, 0.05) is 29.2 Å². The molecule has 1 amide bonds. The number of rotatable bonds is 3. The molecule has 3 nitrogen and oxygen atoms in total. The molecule has 0 radical (unpaired) electrons. The molecule has 0 fully saturated rings. The van der Waals surface area contributed by atoms with Crippen molar-refractivity contribution in [3.63, 3.8) is 0 Å². The van der Waals surface area contributed by atoms with Gasteiger partial charge < -0.3 is 10.3 Å². The predicted octanol–water partition coefficient (Wildman–Crippen LogP) is 4.12. The third-order valence-electron chi connectivity index (χ3n) is 3.58. The first-order valence-electron chi connectivity index (χ1n) is 6.95. The number of carbonyl (C=O) groups excluding carboxylic acids is 1. The molecule has 118 valence electrons. The summed E-state index contributed by atoms with van der Waals surface area (Å²) >= 11 is 0. The molecule has 1 aromatic heterocycles. The first-order chi connectivity index (χ1) is 10.9. The number of amides is 1. The predicted molar refractivity (Wildman–Crippen MR) is 80.9 cm³/mol. The number of halogens is 3. The van der Waals surface area contributed by atoms with Crippen LogP contribution in [0.5, 0.6) is 0 Å². The summed E-state index contributed by atoms with van der Waals surface area (Å²) in [4.78, 5) is 15.2. The van der Waals surface area contributed by atoms with E-state index in [1.165, 1.54) is 18.2 Å². The molecule has 0 aliphatic heterocycles. The molecular formula is C17H13F3N2O. The van der Waals surface area contributed by atoms with Gasteiger partial charge in [0.2, 0.25) is 0 Å². The molecular weight excluding hydrogens is 305 g/mol. The third kappa shape index (κ3) is 3.21. The van der Waals surface area contributed by atoms with Crippen LogP contribution in [0.1, 0.15) is 21.5 Å². The number of hydrogen-bond donors (Lipinski definition) is 2. The molecule has 23 heavy (non-hydrogen) atoms. The lowest BCUT2D eigenvalue weighted by Gasteiger charge is -2.13. The van der Waals surface area contributed by atoms with Crippen LogP contribution in [0.3, 0.4) is 0 Å². The smallest absolute Gasteiger partial charge is 0.361 e. The lowest BCUT2D eigenvalue weighted by Crippen LogP contribution is -2.24. The SMILES string of the molecule is O=C(NCc1ccccc1C(F)(F)F)c1ccc2[nH]ccc2c1. The highest BCUT2D eigenvalue weighted by atomic mass is 19.4. The number of fused-ring (bicyclic) bond motifs is 1. The highest BCUT2D eigenvalue weighted by Crippen LogP contribution is 2.31. The zero-order chi connectivity index (χ0) is 16.4. The highest BCUT2D eigenvalue weighted by Gasteiger charge is 2.32. The zero-order valence-electron chi connectivity index (χ0n) is 11.9. The van der Waals surface area contributed by atoms with Crippen LogP contribution in [0.25, 0.3) is 10.9 Å². The maximum Gasteiger partial charge on any atom is 0.416 e. The molecule has 0 atom stereocenters. The molecule has 0 bridgehead atoms. The minimum Gasteiger partial charge on any atom is -0.361 e. The van der Waals surface area contributed by atoms with Crippen molar-refractivity contribution in [1.82, 2.24) is 10.3 Å². The minimum absolute atomic E-state index is 0.0380. The average Bonchev–Trinajstić information content (AvgIpc) is 2.99. The Hall–Kier alpha value is -2.76. The average molecular weight is 318 g/mol. The van der Waals surface area contributed by atoms with Crippen molar-refractivity contribution < 1.29 is 18.0 Å². The van der Waals surface area contributed by atoms with Crippen molar-refractivity contribution >= 4 is 16.8 Å². The summed E-state index contributed by atoms with van der Waals surface area (Å²) in [5.41, 5.74) is 0.600. The molecule has 0 spiro atoms. The monoisotopic (exact) mass is 318 g/mol. The van der Waals surface area contributed by atoms with E-state index in [0.29, 0.717) is 5.56 Å². The van der Waals surface area contributed by atoms with E-state index in [-0.39, 0.29) is 12.1 Å². The second-order valence-corrected chi connectivity index (χ2v) is 5.12. The van der Waals surface area contributed by atoms with E-state index in [1.807, 2.05) is 6.07 Å². The van der Waals surface area contributed by atoms with Gasteiger partial charge in [-0.15, -0.1) is 0 Å². The number of hydrogen-bond acceptors (Lipinski definition) is 1. The summed E-state index contributed by atoms with van der Waals surface area (Å²) in [7, 11) is 0. The van der Waals surface area contributed by atoms with Gasteiger partial charge in [-0.2, -0.15) is 13.2 Å². The largest absolute Gasteiger partial charge is 0.416 e. The maximum atomic E-state index is 12.9. The van der Waals surface area contributed by atoms with Crippen LogP contribution < -0.4 is 5.32 Å². The number of aromatic nitrogens is 1. The Morgan fingerprint density at radius 3 is 2.65 bits per heavy atom. The number of carbonyl (C=O) groups is 1. The van der Waals surface area contributed by atoms with Gasteiger partial charge in [0.05, 0.1) is 5.56 Å². The van der Waals surface area contributed by atoms with Crippen LogP contribution in [0, 0.1) is 0 Å². The quantitative estimate of drug-likeness (QED) is 0.750. The van der Waals surface area contributed by atoms with Crippen molar-refractivity contribution in [3.05, 3.63) is 71.4 Å². The highest BCUT2D eigenvalue weighted by molar-refractivity contribution is 5.98. The first kappa shape index (κ1) is 15.1. The number of H-pyrrole nitrogens is 1. The molecule has 2 aromatic carbocycles. The Bertz CT molecular complexity index is 852. The Kier molecular flexibility index (Phi) is 3.82. The van der Waals surface area contributed by atoms with Gasteiger partial charge in [-0.25, -0.2) is 0 Å². The summed E-state index contributed by atoms with van der Waals surface area (Å²) in [6.45, 7) is -0.181. The van der Waals surface area contributed by atoms with Crippen LogP contribution in [0.2, 0.25) is 0 Å². The van der Waals surface area contributed by atoms with Crippen molar-refractivity contribution in [3.8, 4) is 0 Å². The van der Waals surface area contributed by atoms with E-state index in [2.05, 4.69) is 10.3 Å². The van der Waals surface area contributed by atoms with Crippen molar-refractivity contribution in [2.24, 2.45) is 0 Å². The number of aromatic amines is 1. The topological polar surface area (TPSA) is 44.9 Å². The van der Waals surface area contributed by atoms with Gasteiger partial charge in [-0.05, 0) is 35.9 Å². The summed E-state index contributed by atoms with van der Waals surface area (Å²) in [6, 6.07) is 12.1. The summed E-state index contributed by atoms with van der Waals surface area (Å²) in [6.07, 6.45) is -2.68. The fraction of sp³-hybridized carbons (Fsp3) is 0.118. The van der Waals surface area contributed by atoms with Crippen molar-refractivity contribution in [1.29, 1.82) is 0 Å². The lowest BCUT2D eigenvalue weighted by molar-refractivity contribution is -0.138. The van der Waals surface area contributed by atoms with E-state index in [0.717, 1.165) is 17.0 Å². The summed E-state index contributed by atoms with van der Waals surface area (Å²) in [5, 5.41) is 3.40. The Morgan fingerprint density at radius 2 is 1.87 bits per heavy atom. The Morgan fingerprint density at radius 1 is 1.09 bits per heavy atom. The van der Waals surface area contributed by atoms with Crippen molar-refractivity contribution in [2.75, 3.05) is 0 Å². The summed E-state index contributed by atoms with van der Waals surface area (Å²) in [5.74, 6) is -0.412. The van der Waals surface area contributed by atoms with Gasteiger partial charge in [0.25, 0.3) is 5.91 Å². The maximum absolute atomic E-state index is 12.9. The fourth-order valence-corrected chi connectivity index (χ4v) is 2.42. The molecule has 3 aromatic rings. The van der Waals surface area contributed by atoms with Gasteiger partial charge in [-0.1, -0.05) is 18.2 Å². The molecule has 6 heteroatoms. The Balaban J connectivity index is 1.77. The van der Waals surface area contributed by atoms with Crippen LogP contribution in [0.4, 0.5) is 13.2 Å². The van der Waals surface area contributed by atoms with Gasteiger partial charge in [-0.3, -0.25) is 4.79 Å². The number of alkyl halides is 3. The van der Waals surface area contributed by atoms with Crippen molar-refractivity contribution in [2.45, 2.75) is 12.7 Å².